The van der Waals surface area contributed by atoms with E-state index >= 15 is 0 Å². The molecule has 0 atom stereocenters. The smallest absolute Gasteiger partial charge is 0.270 e. The summed E-state index contributed by atoms with van der Waals surface area (Å²) in [4.78, 5) is 15.0. The zero-order valence-corrected chi connectivity index (χ0v) is 15.0. The third-order valence-electron chi connectivity index (χ3n) is 3.94. The fourth-order valence-corrected chi connectivity index (χ4v) is 3.42. The highest BCUT2D eigenvalue weighted by Crippen LogP contribution is 2.30. The second kappa shape index (κ2) is 7.30. The number of nitriles is 1. The molecule has 3 heterocycles. The van der Waals surface area contributed by atoms with Crippen molar-refractivity contribution in [2.24, 2.45) is 0 Å². The number of nitro benzene ring substituents is 1. The van der Waals surface area contributed by atoms with Gasteiger partial charge < -0.3 is 4.42 Å². The van der Waals surface area contributed by atoms with Crippen molar-refractivity contribution in [1.82, 2.24) is 15.2 Å². The highest BCUT2D eigenvalue weighted by atomic mass is 32.1. The van der Waals surface area contributed by atoms with Crippen LogP contribution < -0.4 is 0 Å². The monoisotopic (exact) mass is 389 g/mol. The van der Waals surface area contributed by atoms with Gasteiger partial charge in [-0.05, 0) is 18.2 Å². The van der Waals surface area contributed by atoms with E-state index in [9.17, 15) is 15.4 Å². The molecule has 0 aliphatic carbocycles. The first-order chi connectivity index (χ1) is 13.7. The number of hydrogen-bond acceptors (Lipinski definition) is 7. The van der Waals surface area contributed by atoms with Crippen molar-refractivity contribution in [2.75, 3.05) is 0 Å². The van der Waals surface area contributed by atoms with E-state index in [1.165, 1.54) is 23.5 Å². The molecule has 0 radical (unpaired) electrons. The summed E-state index contributed by atoms with van der Waals surface area (Å²) in [6.07, 6.45) is 4.78. The number of nitrogens with one attached hydrogen (secondary N) is 1. The molecule has 1 N–H and O–H groups in total. The van der Waals surface area contributed by atoms with Crippen LogP contribution in [0.1, 0.15) is 10.6 Å². The SMILES string of the molecule is N#C/C(=C\c1cn[nH]c1-c1cccc([N+](=O)[O-])c1)c1nc(-c2ccco2)cs1. The maximum absolute atomic E-state index is 11.0. The molecule has 0 aliphatic rings. The molecule has 0 saturated heterocycles. The van der Waals surface area contributed by atoms with E-state index in [4.69, 9.17) is 4.42 Å². The van der Waals surface area contributed by atoms with Crippen molar-refractivity contribution >= 4 is 28.7 Å². The Bertz CT molecular complexity index is 1210. The van der Waals surface area contributed by atoms with Crippen LogP contribution >= 0.6 is 11.3 Å². The molecule has 0 saturated carbocycles. The zero-order valence-electron chi connectivity index (χ0n) is 14.2. The molecule has 4 aromatic rings. The number of nitrogens with zero attached hydrogens (tertiary/aromatic N) is 4. The van der Waals surface area contributed by atoms with Crippen LogP contribution in [-0.2, 0) is 0 Å². The summed E-state index contributed by atoms with van der Waals surface area (Å²) in [5.74, 6) is 0.625. The Morgan fingerprint density at radius 2 is 2.25 bits per heavy atom. The Kier molecular flexibility index (Phi) is 4.53. The molecule has 0 fully saturated rings. The zero-order chi connectivity index (χ0) is 19.5. The number of aromatic nitrogens is 3. The van der Waals surface area contributed by atoms with Crippen LogP contribution in [0.3, 0.4) is 0 Å². The van der Waals surface area contributed by atoms with Crippen molar-refractivity contribution in [2.45, 2.75) is 0 Å². The lowest BCUT2D eigenvalue weighted by Gasteiger charge is -2.01. The molecule has 136 valence electrons. The molecule has 0 unspecified atom stereocenters. The van der Waals surface area contributed by atoms with Crippen molar-refractivity contribution in [3.63, 3.8) is 0 Å². The average molecular weight is 389 g/mol. The van der Waals surface area contributed by atoms with E-state index in [1.54, 1.807) is 42.8 Å². The van der Waals surface area contributed by atoms with Gasteiger partial charge in [0.15, 0.2) is 5.76 Å². The van der Waals surface area contributed by atoms with Crippen molar-refractivity contribution < 1.29 is 9.34 Å². The number of furan rings is 1. The number of aromatic amines is 1. The molecule has 0 aliphatic heterocycles. The second-order valence-corrected chi connectivity index (χ2v) is 6.55. The fourth-order valence-electron chi connectivity index (χ4n) is 2.64. The summed E-state index contributed by atoms with van der Waals surface area (Å²) >= 11 is 1.33. The minimum absolute atomic E-state index is 0.0226. The first-order valence-electron chi connectivity index (χ1n) is 8.05. The van der Waals surface area contributed by atoms with Gasteiger partial charge in [0, 0.05) is 28.6 Å². The summed E-state index contributed by atoms with van der Waals surface area (Å²) in [5.41, 5.74) is 2.80. The maximum Gasteiger partial charge on any atom is 0.270 e. The van der Waals surface area contributed by atoms with Crippen LogP contribution in [0.25, 0.3) is 34.4 Å². The first-order valence-corrected chi connectivity index (χ1v) is 8.93. The number of rotatable bonds is 5. The lowest BCUT2D eigenvalue weighted by Crippen LogP contribution is -1.89. The van der Waals surface area contributed by atoms with Gasteiger partial charge in [-0.25, -0.2) is 4.98 Å². The number of H-pyrrole nitrogens is 1. The van der Waals surface area contributed by atoms with Crippen molar-refractivity contribution in [3.8, 4) is 28.8 Å². The summed E-state index contributed by atoms with van der Waals surface area (Å²) in [5, 5.41) is 29.8. The Balaban J connectivity index is 1.71. The van der Waals surface area contributed by atoms with Gasteiger partial charge in [-0.1, -0.05) is 12.1 Å². The lowest BCUT2D eigenvalue weighted by atomic mass is 10.1. The minimum Gasteiger partial charge on any atom is -0.463 e. The van der Waals surface area contributed by atoms with E-state index in [1.807, 2.05) is 5.38 Å². The molecular formula is C19H11N5O3S. The lowest BCUT2D eigenvalue weighted by molar-refractivity contribution is -0.384. The van der Waals surface area contributed by atoms with Crippen LogP contribution in [0.15, 0.2) is 58.7 Å². The van der Waals surface area contributed by atoms with Crippen molar-refractivity contribution in [1.29, 1.82) is 5.26 Å². The molecule has 4 rings (SSSR count). The number of nitro groups is 1. The van der Waals surface area contributed by atoms with E-state index in [-0.39, 0.29) is 5.69 Å². The molecule has 0 bridgehead atoms. The Morgan fingerprint density at radius 3 is 3.00 bits per heavy atom. The summed E-state index contributed by atoms with van der Waals surface area (Å²) in [7, 11) is 0. The Morgan fingerprint density at radius 1 is 1.36 bits per heavy atom. The van der Waals surface area contributed by atoms with Gasteiger partial charge in [-0.2, -0.15) is 10.4 Å². The highest BCUT2D eigenvalue weighted by Gasteiger charge is 2.14. The summed E-state index contributed by atoms with van der Waals surface area (Å²) < 4.78 is 5.33. The summed E-state index contributed by atoms with van der Waals surface area (Å²) in [6, 6.07) is 11.9. The van der Waals surface area contributed by atoms with Crippen LogP contribution in [-0.4, -0.2) is 20.1 Å². The van der Waals surface area contributed by atoms with E-state index in [2.05, 4.69) is 21.3 Å². The predicted molar refractivity (Wildman–Crippen MR) is 104 cm³/mol. The normalized spacial score (nSPS) is 11.3. The predicted octanol–water partition coefficient (Wildman–Crippen LogP) is 4.77. The number of allylic oxidation sites excluding steroid dienone is 1. The number of thiazole rings is 1. The molecular weight excluding hydrogens is 378 g/mol. The van der Waals surface area contributed by atoms with Gasteiger partial charge in [0.25, 0.3) is 5.69 Å². The van der Waals surface area contributed by atoms with Crippen LogP contribution in [0.5, 0.6) is 0 Å². The van der Waals surface area contributed by atoms with E-state index in [0.717, 1.165) is 0 Å². The molecule has 28 heavy (non-hydrogen) atoms. The second-order valence-electron chi connectivity index (χ2n) is 5.69. The molecule has 3 aromatic heterocycles. The topological polar surface area (TPSA) is 122 Å². The third kappa shape index (κ3) is 3.32. The van der Waals surface area contributed by atoms with Crippen LogP contribution in [0, 0.1) is 21.4 Å². The molecule has 8 nitrogen and oxygen atoms in total. The molecule has 0 spiro atoms. The Labute approximate surface area is 162 Å². The van der Waals surface area contributed by atoms with Gasteiger partial charge in [-0.15, -0.1) is 11.3 Å². The quantitative estimate of drug-likeness (QED) is 0.298. The van der Waals surface area contributed by atoms with Crippen molar-refractivity contribution in [3.05, 3.63) is 74.9 Å². The molecule has 1 aromatic carbocycles. The minimum atomic E-state index is -0.457. The van der Waals surface area contributed by atoms with Gasteiger partial charge in [0.2, 0.25) is 0 Å². The first kappa shape index (κ1) is 17.4. The Hall–Kier alpha value is -4.03. The largest absolute Gasteiger partial charge is 0.463 e. The third-order valence-corrected chi connectivity index (χ3v) is 4.82. The molecule has 0 amide bonds. The maximum atomic E-state index is 11.0. The highest BCUT2D eigenvalue weighted by molar-refractivity contribution is 7.11. The standard InChI is InChI=1S/C19H11N5O3S/c20-9-13(19-22-16(11-28-19)17-5-2-6-27-17)7-14-10-21-23-18(14)12-3-1-4-15(8-12)24(25)26/h1-8,10-11H,(H,21,23)/b13-7+. The van der Waals surface area contributed by atoms with E-state index < -0.39 is 4.92 Å². The fraction of sp³-hybridized carbons (Fsp3) is 0. The van der Waals surface area contributed by atoms with Crippen LogP contribution in [0.4, 0.5) is 5.69 Å². The van der Waals surface area contributed by atoms with E-state index in [0.29, 0.717) is 38.9 Å². The van der Waals surface area contributed by atoms with Gasteiger partial charge >= 0.3 is 0 Å². The van der Waals surface area contributed by atoms with Gasteiger partial charge in [0.1, 0.15) is 16.8 Å². The van der Waals surface area contributed by atoms with Gasteiger partial charge in [-0.3, -0.25) is 15.2 Å². The van der Waals surface area contributed by atoms with Crippen LogP contribution in [0.2, 0.25) is 0 Å². The number of hydrogen-bond donors (Lipinski definition) is 1. The number of benzene rings is 1. The summed E-state index contributed by atoms with van der Waals surface area (Å²) in [6.45, 7) is 0. The molecule has 9 heteroatoms. The number of non-ortho nitro benzene ring substituents is 1. The van der Waals surface area contributed by atoms with Gasteiger partial charge in [0.05, 0.1) is 28.7 Å². The average Bonchev–Trinajstić information content (AvgIpc) is 3.47.